The number of methoxy groups -OCH3 is 2. The number of benzene rings is 3. The highest BCUT2D eigenvalue weighted by molar-refractivity contribution is 6.13. The van der Waals surface area contributed by atoms with Gasteiger partial charge in [-0.05, 0) is 80.8 Å². The Morgan fingerprint density at radius 3 is 1.95 bits per heavy atom. The van der Waals surface area contributed by atoms with Crippen molar-refractivity contribution in [1.82, 2.24) is 24.9 Å². The van der Waals surface area contributed by atoms with Crippen LogP contribution in [-0.2, 0) is 51.3 Å². The van der Waals surface area contributed by atoms with E-state index in [1.54, 1.807) is 31.4 Å². The second-order valence-electron chi connectivity index (χ2n) is 19.6. The molecule has 0 radical (unpaired) electrons. The highest BCUT2D eigenvalue weighted by Crippen LogP contribution is 2.40. The third-order valence-corrected chi connectivity index (χ3v) is 14.4. The van der Waals surface area contributed by atoms with Crippen molar-refractivity contribution < 1.29 is 66.7 Å². The number of nitrogens with zero attached hydrogens (tertiary/aromatic N) is 7. The van der Waals surface area contributed by atoms with Crippen molar-refractivity contribution in [3.63, 3.8) is 0 Å². The van der Waals surface area contributed by atoms with Crippen molar-refractivity contribution in [2.24, 2.45) is 9.98 Å². The largest absolute Gasteiger partial charge is 0.493 e. The highest BCUT2D eigenvalue weighted by atomic mass is 16.6. The van der Waals surface area contributed by atoms with E-state index in [1.165, 1.54) is 19.3 Å². The van der Waals surface area contributed by atoms with Crippen LogP contribution in [0.5, 0.6) is 23.0 Å². The normalized spacial score (nSPS) is 17.8. The summed E-state index contributed by atoms with van der Waals surface area (Å²) in [5.41, 5.74) is 4.40. The van der Waals surface area contributed by atoms with Crippen LogP contribution in [0.1, 0.15) is 77.3 Å². The number of amides is 6. The Morgan fingerprint density at radius 2 is 1.32 bits per heavy atom. The molecule has 0 aromatic heterocycles. The molecule has 5 aliphatic heterocycles. The van der Waals surface area contributed by atoms with Crippen LogP contribution in [0.3, 0.4) is 0 Å². The van der Waals surface area contributed by atoms with Crippen molar-refractivity contribution in [2.45, 2.75) is 70.7 Å². The number of ether oxygens (including phenoxy) is 8. The Kier molecular flexibility index (Phi) is 20.8. The number of likely N-dealkylation sites (tertiary alicyclic amines) is 1. The summed E-state index contributed by atoms with van der Waals surface area (Å²) in [6.07, 6.45) is 8.17. The summed E-state index contributed by atoms with van der Waals surface area (Å²) in [7, 11) is 3.08. The van der Waals surface area contributed by atoms with E-state index < -0.39 is 11.8 Å². The maximum absolute atomic E-state index is 13.7. The van der Waals surface area contributed by atoms with Gasteiger partial charge in [-0.2, -0.15) is 0 Å². The van der Waals surface area contributed by atoms with Crippen molar-refractivity contribution in [3.05, 3.63) is 76.9 Å². The Labute approximate surface area is 460 Å². The van der Waals surface area contributed by atoms with Gasteiger partial charge in [0.1, 0.15) is 13.2 Å². The third kappa shape index (κ3) is 15.3. The molecular weight excluding hydrogens is 1020 g/mol. The van der Waals surface area contributed by atoms with E-state index in [1.807, 2.05) is 33.9 Å². The Balaban J connectivity index is 0.795. The minimum atomic E-state index is -0.415. The number of imide groups is 1. The second-order valence-corrected chi connectivity index (χ2v) is 19.6. The molecule has 8 rings (SSSR count). The molecule has 3 aromatic carbocycles. The molecule has 0 saturated carbocycles. The lowest BCUT2D eigenvalue weighted by molar-refractivity contribution is -0.137. The number of hydrogen-bond acceptors (Lipinski definition) is 17. The van der Waals surface area contributed by atoms with Crippen LogP contribution in [0, 0.1) is 0 Å². The third-order valence-electron chi connectivity index (χ3n) is 14.4. The molecule has 3 fully saturated rings. The molecule has 0 bridgehead atoms. The zero-order chi connectivity index (χ0) is 55.7. The average Bonchev–Trinajstić information content (AvgIpc) is 4.22. The highest BCUT2D eigenvalue weighted by Gasteiger charge is 2.33. The monoisotopic (exact) mass is 1090 g/mol. The number of aliphatic imine (C=N–C) groups is 2. The zero-order valence-corrected chi connectivity index (χ0v) is 45.5. The quantitative estimate of drug-likeness (QED) is 0.0566. The SMILES string of the molecule is C=Nc1cc(OCc2cc(COc3cc4c(cc3OC)C(=O)N3CCC[C@H]3C=N4)cc(N3CCN(C(=O)CCOCCOCCOCCOCCNC(=O)CCN4C(=O)C=CC4=O)CC3)c2)c(OC)cc1C(=O)N1CCC[C@H]1C. The Bertz CT molecular complexity index is 2730. The number of carbonyl (C=O) groups is 6. The average molecular weight is 1090 g/mol. The van der Waals surface area contributed by atoms with Gasteiger partial charge in [0.25, 0.3) is 23.6 Å². The fourth-order valence-corrected chi connectivity index (χ4v) is 10.1. The molecule has 3 aromatic rings. The number of rotatable bonds is 29. The number of piperazine rings is 1. The number of anilines is 1. The van der Waals surface area contributed by atoms with Crippen LogP contribution in [0.4, 0.5) is 17.1 Å². The predicted molar refractivity (Wildman–Crippen MR) is 292 cm³/mol. The number of carbonyl (C=O) groups excluding carboxylic acids is 6. The van der Waals surface area contributed by atoms with E-state index in [4.69, 9.17) is 42.9 Å². The minimum absolute atomic E-state index is 0.00611. The van der Waals surface area contributed by atoms with E-state index in [9.17, 15) is 28.8 Å². The van der Waals surface area contributed by atoms with E-state index >= 15 is 0 Å². The summed E-state index contributed by atoms with van der Waals surface area (Å²) < 4.78 is 46.7. The van der Waals surface area contributed by atoms with Crippen LogP contribution in [0.25, 0.3) is 0 Å². The molecule has 3 saturated heterocycles. The van der Waals surface area contributed by atoms with Crippen LogP contribution in [0.15, 0.2) is 64.6 Å². The maximum atomic E-state index is 13.7. The molecule has 0 unspecified atom stereocenters. The van der Waals surface area contributed by atoms with Gasteiger partial charge in [0.15, 0.2) is 23.0 Å². The van der Waals surface area contributed by atoms with Gasteiger partial charge in [0.05, 0.1) is 102 Å². The molecule has 79 heavy (non-hydrogen) atoms. The van der Waals surface area contributed by atoms with Gasteiger partial charge in [0, 0.05) is 101 Å². The van der Waals surface area contributed by atoms with Crippen LogP contribution in [-0.4, -0.2) is 199 Å². The van der Waals surface area contributed by atoms with E-state index in [0.29, 0.717) is 138 Å². The molecule has 6 amide bonds. The maximum Gasteiger partial charge on any atom is 0.256 e. The van der Waals surface area contributed by atoms with Gasteiger partial charge in [-0.1, -0.05) is 0 Å². The van der Waals surface area contributed by atoms with Crippen LogP contribution < -0.4 is 29.2 Å². The summed E-state index contributed by atoms with van der Waals surface area (Å²) in [5, 5.41) is 2.69. The predicted octanol–water partition coefficient (Wildman–Crippen LogP) is 4.68. The summed E-state index contributed by atoms with van der Waals surface area (Å²) in [6.45, 7) is 12.6. The summed E-state index contributed by atoms with van der Waals surface area (Å²) in [6, 6.07) is 13.0. The van der Waals surface area contributed by atoms with Crippen molar-refractivity contribution in [3.8, 4) is 23.0 Å². The first-order chi connectivity index (χ1) is 38.4. The van der Waals surface area contributed by atoms with E-state index in [0.717, 1.165) is 47.4 Å². The molecule has 5 aliphatic rings. The lowest BCUT2D eigenvalue weighted by Crippen LogP contribution is -2.49. The molecule has 424 valence electrons. The lowest BCUT2D eigenvalue weighted by Gasteiger charge is -2.36. The molecule has 0 spiro atoms. The van der Waals surface area contributed by atoms with Crippen molar-refractivity contribution in [1.29, 1.82) is 0 Å². The van der Waals surface area contributed by atoms with Gasteiger partial charge in [0.2, 0.25) is 11.8 Å². The first-order valence-electron chi connectivity index (χ1n) is 27.0. The molecular formula is C57H72N8O14. The Hall–Kier alpha value is -7.40. The minimum Gasteiger partial charge on any atom is -0.493 e. The van der Waals surface area contributed by atoms with Crippen LogP contribution >= 0.6 is 0 Å². The molecule has 5 heterocycles. The fourth-order valence-electron chi connectivity index (χ4n) is 10.1. The molecule has 22 nitrogen and oxygen atoms in total. The number of fused-ring (bicyclic) bond motifs is 2. The van der Waals surface area contributed by atoms with E-state index in [2.05, 4.69) is 34.1 Å². The number of nitrogens with one attached hydrogen (secondary N) is 1. The van der Waals surface area contributed by atoms with Crippen LogP contribution in [0.2, 0.25) is 0 Å². The second kappa shape index (κ2) is 28.5. The van der Waals surface area contributed by atoms with Gasteiger partial charge in [-0.3, -0.25) is 43.7 Å². The standard InChI is InChI=1S/C57H72N8O14/c1-39-7-5-14-63(39)56(70)44-32-48(72-3)50(34-46(44)58-2)78-37-40-29-41(38-79-51-35-47-45(33-49(51)73-4)57(71)64-15-6-8-42(64)36-60-47)31-43(30-40)61-17-19-62(20-18-61)53(67)12-21-74-23-25-76-27-28-77-26-24-75-22-13-59-52(66)11-16-65-54(68)9-10-55(65)69/h9-10,29-36,39,42H,2,5-8,11-28,37-38H2,1,3-4H3,(H,59,66)/t39-,42+/m1/s1. The van der Waals surface area contributed by atoms with Gasteiger partial charge in [-0.25, -0.2) is 0 Å². The van der Waals surface area contributed by atoms with Crippen molar-refractivity contribution >= 4 is 65.4 Å². The Morgan fingerprint density at radius 1 is 0.696 bits per heavy atom. The van der Waals surface area contributed by atoms with Gasteiger partial charge in [-0.15, -0.1) is 0 Å². The summed E-state index contributed by atoms with van der Waals surface area (Å²) in [4.78, 5) is 93.4. The topological polar surface area (TPSA) is 229 Å². The summed E-state index contributed by atoms with van der Waals surface area (Å²) in [5.74, 6) is 0.367. The van der Waals surface area contributed by atoms with Gasteiger partial charge < -0.3 is 62.8 Å². The molecule has 22 heteroatoms. The summed E-state index contributed by atoms with van der Waals surface area (Å²) >= 11 is 0. The number of hydrogen-bond donors (Lipinski definition) is 1. The smallest absolute Gasteiger partial charge is 0.256 e. The van der Waals surface area contributed by atoms with E-state index in [-0.39, 0.29) is 74.9 Å². The first kappa shape index (κ1) is 57.8. The van der Waals surface area contributed by atoms with Gasteiger partial charge >= 0.3 is 0 Å². The molecule has 0 aliphatic carbocycles. The molecule has 2 atom stereocenters. The lowest BCUT2D eigenvalue weighted by atomic mass is 10.1. The zero-order valence-electron chi connectivity index (χ0n) is 45.5. The fraction of sp³-hybridized carbons (Fsp3) is 0.509. The molecule has 1 N–H and O–H groups in total. The first-order valence-corrected chi connectivity index (χ1v) is 27.0. The van der Waals surface area contributed by atoms with Crippen molar-refractivity contribution in [2.75, 3.05) is 124 Å².